The summed E-state index contributed by atoms with van der Waals surface area (Å²) in [6, 6.07) is 7.79. The molecule has 0 unspecified atom stereocenters. The van der Waals surface area contributed by atoms with E-state index in [2.05, 4.69) is 10.6 Å². The van der Waals surface area contributed by atoms with E-state index >= 15 is 0 Å². The van der Waals surface area contributed by atoms with E-state index in [0.29, 0.717) is 19.3 Å². The molecule has 116 valence electrons. The lowest BCUT2D eigenvalue weighted by Gasteiger charge is -2.13. The number of benzene rings is 1. The topological polar surface area (TPSA) is 50.4 Å². The summed E-state index contributed by atoms with van der Waals surface area (Å²) in [7, 11) is 1.92. The quantitative estimate of drug-likeness (QED) is 0.721. The fourth-order valence-electron chi connectivity index (χ4n) is 2.76. The van der Waals surface area contributed by atoms with Crippen LogP contribution in [0.2, 0.25) is 0 Å². The van der Waals surface area contributed by atoms with Crippen molar-refractivity contribution in [1.82, 2.24) is 10.6 Å². The minimum Gasteiger partial charge on any atom is -0.376 e. The fourth-order valence-corrected chi connectivity index (χ4v) is 2.76. The Morgan fingerprint density at radius 1 is 1.24 bits per heavy atom. The number of ether oxygens (including phenoxy) is 1. The minimum atomic E-state index is -0.00303. The summed E-state index contributed by atoms with van der Waals surface area (Å²) in [5, 5.41) is 6.07. The van der Waals surface area contributed by atoms with Gasteiger partial charge in [0.05, 0.1) is 12.7 Å². The van der Waals surface area contributed by atoms with E-state index in [0.717, 1.165) is 24.1 Å². The molecule has 0 radical (unpaired) electrons. The van der Waals surface area contributed by atoms with Gasteiger partial charge in [0.2, 0.25) is 0 Å². The third-order valence-electron chi connectivity index (χ3n) is 3.95. The molecule has 0 spiro atoms. The molecular weight excluding hydrogens is 264 g/mol. The summed E-state index contributed by atoms with van der Waals surface area (Å²) in [6.07, 6.45) is 6.15. The van der Waals surface area contributed by atoms with Crippen LogP contribution in [0.4, 0.5) is 0 Å². The minimum absolute atomic E-state index is 0.00303. The normalized spacial score (nSPS) is 15.3. The molecule has 1 aromatic carbocycles. The lowest BCUT2D eigenvalue weighted by Crippen LogP contribution is -2.29. The average Bonchev–Trinajstić information content (AvgIpc) is 3.03. The van der Waals surface area contributed by atoms with Crippen molar-refractivity contribution in [1.29, 1.82) is 0 Å². The SMILES string of the molecule is CNCCc1ccccc1C(=O)NCCOC1CCCC1. The third kappa shape index (κ3) is 5.14. The molecule has 4 nitrogen and oxygen atoms in total. The van der Waals surface area contributed by atoms with Crippen LogP contribution in [0, 0.1) is 0 Å². The number of hydrogen-bond acceptors (Lipinski definition) is 3. The Balaban J connectivity index is 1.76. The van der Waals surface area contributed by atoms with Crippen molar-refractivity contribution in [3.05, 3.63) is 35.4 Å². The first-order valence-electron chi connectivity index (χ1n) is 7.93. The van der Waals surface area contributed by atoms with Crippen molar-refractivity contribution in [2.24, 2.45) is 0 Å². The Labute approximate surface area is 127 Å². The first-order valence-corrected chi connectivity index (χ1v) is 7.93. The van der Waals surface area contributed by atoms with Crippen LogP contribution in [0.1, 0.15) is 41.6 Å². The second-order valence-electron chi connectivity index (χ2n) is 5.54. The first-order chi connectivity index (χ1) is 10.3. The highest BCUT2D eigenvalue weighted by molar-refractivity contribution is 5.95. The predicted molar refractivity (Wildman–Crippen MR) is 84.6 cm³/mol. The summed E-state index contributed by atoms with van der Waals surface area (Å²) in [6.45, 7) is 2.06. The molecule has 1 amide bonds. The van der Waals surface area contributed by atoms with E-state index in [1.165, 1.54) is 25.7 Å². The molecule has 2 rings (SSSR count). The van der Waals surface area contributed by atoms with Gasteiger partial charge in [0.1, 0.15) is 0 Å². The van der Waals surface area contributed by atoms with E-state index in [9.17, 15) is 4.79 Å². The standard InChI is InChI=1S/C17H26N2O2/c1-18-11-10-14-6-2-5-9-16(14)17(20)19-12-13-21-15-7-3-4-8-15/h2,5-6,9,15,18H,3-4,7-8,10-13H2,1H3,(H,19,20). The molecule has 0 saturated heterocycles. The highest BCUT2D eigenvalue weighted by atomic mass is 16.5. The van der Waals surface area contributed by atoms with Crippen molar-refractivity contribution in [3.63, 3.8) is 0 Å². The van der Waals surface area contributed by atoms with Gasteiger partial charge < -0.3 is 15.4 Å². The largest absolute Gasteiger partial charge is 0.376 e. The zero-order valence-corrected chi connectivity index (χ0v) is 12.9. The van der Waals surface area contributed by atoms with E-state index in [1.54, 1.807) is 0 Å². The van der Waals surface area contributed by atoms with E-state index in [1.807, 2.05) is 31.3 Å². The lowest BCUT2D eigenvalue weighted by molar-refractivity contribution is 0.0581. The molecule has 21 heavy (non-hydrogen) atoms. The molecule has 4 heteroatoms. The summed E-state index contributed by atoms with van der Waals surface area (Å²) in [5.41, 5.74) is 1.86. The lowest BCUT2D eigenvalue weighted by atomic mass is 10.0. The Bertz CT molecular complexity index is 442. The van der Waals surface area contributed by atoms with Crippen molar-refractivity contribution in [3.8, 4) is 0 Å². The summed E-state index contributed by atoms with van der Waals surface area (Å²) < 4.78 is 5.76. The Morgan fingerprint density at radius 2 is 2.00 bits per heavy atom. The molecular formula is C17H26N2O2. The van der Waals surface area contributed by atoms with Gasteiger partial charge in [-0.3, -0.25) is 4.79 Å². The highest BCUT2D eigenvalue weighted by Gasteiger charge is 2.15. The van der Waals surface area contributed by atoms with Crippen molar-refractivity contribution in [2.75, 3.05) is 26.7 Å². The number of carbonyl (C=O) groups excluding carboxylic acids is 1. The predicted octanol–water partition coefficient (Wildman–Crippen LogP) is 2.14. The van der Waals surface area contributed by atoms with E-state index in [4.69, 9.17) is 4.74 Å². The second kappa shape index (κ2) is 8.80. The van der Waals surface area contributed by atoms with Crippen LogP contribution in [-0.2, 0) is 11.2 Å². The maximum atomic E-state index is 12.2. The van der Waals surface area contributed by atoms with Crippen LogP contribution in [0.3, 0.4) is 0 Å². The molecule has 1 aromatic rings. The first kappa shape index (κ1) is 16.0. The Morgan fingerprint density at radius 3 is 2.76 bits per heavy atom. The van der Waals surface area contributed by atoms with E-state index < -0.39 is 0 Å². The highest BCUT2D eigenvalue weighted by Crippen LogP contribution is 2.20. The molecule has 2 N–H and O–H groups in total. The molecule has 0 aliphatic heterocycles. The summed E-state index contributed by atoms with van der Waals surface area (Å²) in [4.78, 5) is 12.2. The smallest absolute Gasteiger partial charge is 0.251 e. The van der Waals surface area contributed by atoms with E-state index in [-0.39, 0.29) is 5.91 Å². The van der Waals surface area contributed by atoms with Crippen molar-refractivity contribution < 1.29 is 9.53 Å². The Kier molecular flexibility index (Phi) is 6.70. The molecule has 1 saturated carbocycles. The number of hydrogen-bond donors (Lipinski definition) is 2. The van der Waals surface area contributed by atoms with Gasteiger partial charge in [-0.1, -0.05) is 31.0 Å². The van der Waals surface area contributed by atoms with Crippen LogP contribution in [0.15, 0.2) is 24.3 Å². The molecule has 0 atom stereocenters. The molecule has 0 aromatic heterocycles. The van der Waals surface area contributed by atoms with Gasteiger partial charge in [-0.2, -0.15) is 0 Å². The molecule has 1 aliphatic rings. The van der Waals surface area contributed by atoms with Crippen molar-refractivity contribution in [2.45, 2.75) is 38.2 Å². The van der Waals surface area contributed by atoms with Crippen LogP contribution in [-0.4, -0.2) is 38.8 Å². The number of rotatable bonds is 8. The van der Waals surface area contributed by atoms with Gasteiger partial charge in [0.25, 0.3) is 5.91 Å². The molecule has 0 bridgehead atoms. The Hall–Kier alpha value is -1.39. The number of nitrogens with one attached hydrogen (secondary N) is 2. The van der Waals surface area contributed by atoms with Gasteiger partial charge >= 0.3 is 0 Å². The average molecular weight is 290 g/mol. The third-order valence-corrected chi connectivity index (χ3v) is 3.95. The van der Waals surface area contributed by atoms with Crippen LogP contribution >= 0.6 is 0 Å². The monoisotopic (exact) mass is 290 g/mol. The zero-order chi connectivity index (χ0) is 14.9. The fraction of sp³-hybridized carbons (Fsp3) is 0.588. The molecule has 1 aliphatic carbocycles. The number of amides is 1. The maximum Gasteiger partial charge on any atom is 0.251 e. The zero-order valence-electron chi connectivity index (χ0n) is 12.9. The maximum absolute atomic E-state index is 12.2. The summed E-state index contributed by atoms with van der Waals surface area (Å²) >= 11 is 0. The van der Waals surface area contributed by atoms with Crippen LogP contribution in [0.25, 0.3) is 0 Å². The van der Waals surface area contributed by atoms with Crippen LogP contribution < -0.4 is 10.6 Å². The van der Waals surface area contributed by atoms with Gasteiger partial charge in [-0.15, -0.1) is 0 Å². The van der Waals surface area contributed by atoms with Gasteiger partial charge in [-0.05, 0) is 44.5 Å². The number of likely N-dealkylation sites (N-methyl/N-ethyl adjacent to an activating group) is 1. The second-order valence-corrected chi connectivity index (χ2v) is 5.54. The molecule has 0 heterocycles. The van der Waals surface area contributed by atoms with Crippen LogP contribution in [0.5, 0.6) is 0 Å². The summed E-state index contributed by atoms with van der Waals surface area (Å²) in [5.74, 6) is -0.00303. The number of carbonyl (C=O) groups is 1. The van der Waals surface area contributed by atoms with Gasteiger partial charge in [0, 0.05) is 12.1 Å². The molecule has 1 fully saturated rings. The van der Waals surface area contributed by atoms with Gasteiger partial charge in [-0.25, -0.2) is 0 Å². The van der Waals surface area contributed by atoms with Crippen molar-refractivity contribution >= 4 is 5.91 Å². The van der Waals surface area contributed by atoms with Gasteiger partial charge in [0.15, 0.2) is 0 Å².